The van der Waals surface area contributed by atoms with Crippen LogP contribution in [0.1, 0.15) is 28.1 Å². The zero-order valence-electron chi connectivity index (χ0n) is 13.9. The zero-order chi connectivity index (χ0) is 18.1. The van der Waals surface area contributed by atoms with Crippen LogP contribution in [0.3, 0.4) is 0 Å². The maximum atomic E-state index is 13.1. The summed E-state index contributed by atoms with van der Waals surface area (Å²) < 4.78 is 18.7. The maximum absolute atomic E-state index is 13.1. The molecule has 1 aliphatic rings. The molecule has 134 valence electrons. The second-order valence-electron chi connectivity index (χ2n) is 5.95. The van der Waals surface area contributed by atoms with E-state index in [1.165, 1.54) is 12.1 Å². The second-order valence-corrected chi connectivity index (χ2v) is 5.95. The van der Waals surface area contributed by atoms with Crippen molar-refractivity contribution < 1.29 is 13.9 Å². The van der Waals surface area contributed by atoms with E-state index in [1.54, 1.807) is 24.0 Å². The largest absolute Gasteiger partial charge is 0.366 e. The first kappa shape index (κ1) is 16.3. The van der Waals surface area contributed by atoms with Crippen molar-refractivity contribution in [2.45, 2.75) is 13.0 Å². The summed E-state index contributed by atoms with van der Waals surface area (Å²) in [7, 11) is 0. The number of nitrogens with one attached hydrogen (secondary N) is 2. The first-order chi connectivity index (χ1) is 12.6. The summed E-state index contributed by atoms with van der Waals surface area (Å²) in [5, 5.41) is 13.7. The van der Waals surface area contributed by atoms with Crippen LogP contribution < -0.4 is 0 Å². The maximum Gasteiger partial charge on any atom is 0.274 e. The molecule has 1 aliphatic heterocycles. The van der Waals surface area contributed by atoms with Crippen LogP contribution in [0.2, 0.25) is 0 Å². The van der Waals surface area contributed by atoms with E-state index >= 15 is 0 Å². The molecule has 0 bridgehead atoms. The molecule has 0 radical (unpaired) electrons. The molecule has 9 nitrogen and oxygen atoms in total. The molecule has 1 amide bonds. The van der Waals surface area contributed by atoms with Crippen molar-refractivity contribution in [2.24, 2.45) is 0 Å². The summed E-state index contributed by atoms with van der Waals surface area (Å²) in [5.41, 5.74) is 1.69. The number of carbonyl (C=O) groups is 1. The lowest BCUT2D eigenvalue weighted by Crippen LogP contribution is -2.42. The van der Waals surface area contributed by atoms with Crippen LogP contribution in [0.5, 0.6) is 0 Å². The molecule has 26 heavy (non-hydrogen) atoms. The van der Waals surface area contributed by atoms with E-state index in [9.17, 15) is 9.18 Å². The van der Waals surface area contributed by atoms with Crippen LogP contribution in [0, 0.1) is 12.7 Å². The number of morpholine rings is 1. The minimum absolute atomic E-state index is 0.205. The molecule has 1 aromatic carbocycles. The number of nitrogens with zero attached hydrogens (tertiary/aromatic N) is 5. The van der Waals surface area contributed by atoms with Gasteiger partial charge in [0.15, 0.2) is 0 Å². The Hall–Kier alpha value is -3.14. The minimum atomic E-state index is -0.428. The number of amides is 1. The number of aryl methyl sites for hydroxylation is 1. The van der Waals surface area contributed by atoms with Crippen LogP contribution in [-0.2, 0) is 4.74 Å². The molecular weight excluding hydrogens is 341 g/mol. The number of imidazole rings is 1. The van der Waals surface area contributed by atoms with E-state index in [-0.39, 0.29) is 11.7 Å². The Morgan fingerprint density at radius 3 is 2.88 bits per heavy atom. The van der Waals surface area contributed by atoms with Crippen molar-refractivity contribution in [2.75, 3.05) is 19.7 Å². The molecule has 0 saturated carbocycles. The topological polar surface area (TPSA) is 113 Å². The van der Waals surface area contributed by atoms with Crippen molar-refractivity contribution in [1.29, 1.82) is 0 Å². The Bertz CT molecular complexity index is 907. The lowest BCUT2D eigenvalue weighted by Gasteiger charge is -2.31. The van der Waals surface area contributed by atoms with Gasteiger partial charge in [0.05, 0.1) is 13.2 Å². The smallest absolute Gasteiger partial charge is 0.274 e. The van der Waals surface area contributed by atoms with Crippen molar-refractivity contribution in [1.82, 2.24) is 35.5 Å². The first-order valence-corrected chi connectivity index (χ1v) is 8.08. The van der Waals surface area contributed by atoms with Crippen LogP contribution in [-0.4, -0.2) is 61.1 Å². The van der Waals surface area contributed by atoms with Crippen molar-refractivity contribution >= 4 is 5.91 Å². The molecule has 2 aromatic heterocycles. The number of hydrogen-bond acceptors (Lipinski definition) is 6. The fraction of sp³-hybridized carbons (Fsp3) is 0.312. The van der Waals surface area contributed by atoms with Gasteiger partial charge >= 0.3 is 0 Å². The number of rotatable bonds is 3. The Labute approximate surface area is 147 Å². The van der Waals surface area contributed by atoms with Gasteiger partial charge in [-0.25, -0.2) is 9.37 Å². The van der Waals surface area contributed by atoms with Gasteiger partial charge in [0, 0.05) is 17.8 Å². The fourth-order valence-electron chi connectivity index (χ4n) is 2.86. The zero-order valence-corrected chi connectivity index (χ0v) is 13.9. The predicted molar refractivity (Wildman–Crippen MR) is 87.5 cm³/mol. The first-order valence-electron chi connectivity index (χ1n) is 8.08. The summed E-state index contributed by atoms with van der Waals surface area (Å²) in [4.78, 5) is 22.1. The number of H-pyrrole nitrogens is 2. The fourth-order valence-corrected chi connectivity index (χ4v) is 2.86. The van der Waals surface area contributed by atoms with E-state index in [0.717, 1.165) is 0 Å². The van der Waals surface area contributed by atoms with Gasteiger partial charge in [-0.3, -0.25) is 4.79 Å². The standard InChI is InChI=1S/C16H16FN7O2/c1-9-13(19-14(18-9)10-2-4-11(17)5-3-10)16(25)24-6-7-26-12(8-24)15-20-22-23-21-15/h2-5,12H,6-8H2,1H3,(H,18,19)(H,20,21,22,23). The number of carbonyl (C=O) groups excluding carboxylic acids is 1. The number of tetrazole rings is 1. The summed E-state index contributed by atoms with van der Waals surface area (Å²) in [5.74, 6) is 0.403. The highest BCUT2D eigenvalue weighted by molar-refractivity contribution is 5.94. The van der Waals surface area contributed by atoms with Gasteiger partial charge in [0.1, 0.15) is 23.4 Å². The highest BCUT2D eigenvalue weighted by Crippen LogP contribution is 2.23. The average molecular weight is 357 g/mol. The Morgan fingerprint density at radius 2 is 2.15 bits per heavy atom. The molecule has 4 rings (SSSR count). The molecular formula is C16H16FN7O2. The van der Waals surface area contributed by atoms with Crippen LogP contribution in [0.15, 0.2) is 24.3 Å². The quantitative estimate of drug-likeness (QED) is 0.729. The van der Waals surface area contributed by atoms with Crippen LogP contribution >= 0.6 is 0 Å². The minimum Gasteiger partial charge on any atom is -0.366 e. The average Bonchev–Trinajstić information content (AvgIpc) is 3.32. The van der Waals surface area contributed by atoms with Crippen molar-refractivity contribution in [3.05, 3.63) is 47.3 Å². The van der Waals surface area contributed by atoms with Gasteiger partial charge in [0.25, 0.3) is 5.91 Å². The highest BCUT2D eigenvalue weighted by Gasteiger charge is 2.30. The molecule has 2 N–H and O–H groups in total. The SMILES string of the molecule is Cc1[nH]c(-c2ccc(F)cc2)nc1C(=O)N1CCOC(c2nn[nH]n2)C1. The number of halogens is 1. The third-order valence-electron chi connectivity index (χ3n) is 4.21. The van der Waals surface area contributed by atoms with E-state index in [4.69, 9.17) is 4.74 Å². The summed E-state index contributed by atoms with van der Waals surface area (Å²) in [6, 6.07) is 5.93. The van der Waals surface area contributed by atoms with Crippen LogP contribution in [0.25, 0.3) is 11.4 Å². The van der Waals surface area contributed by atoms with E-state index < -0.39 is 6.10 Å². The van der Waals surface area contributed by atoms with Gasteiger partial charge in [-0.15, -0.1) is 10.2 Å². The molecule has 0 aliphatic carbocycles. The van der Waals surface area contributed by atoms with Gasteiger partial charge in [-0.05, 0) is 31.2 Å². The number of ether oxygens (including phenoxy) is 1. The lowest BCUT2D eigenvalue weighted by atomic mass is 10.2. The predicted octanol–water partition coefficient (Wildman–Crippen LogP) is 1.25. The molecule has 1 saturated heterocycles. The molecule has 0 spiro atoms. The number of hydrogen-bond donors (Lipinski definition) is 2. The Balaban J connectivity index is 1.55. The van der Waals surface area contributed by atoms with Crippen LogP contribution in [0.4, 0.5) is 4.39 Å². The molecule has 3 heterocycles. The highest BCUT2D eigenvalue weighted by atomic mass is 19.1. The third-order valence-corrected chi connectivity index (χ3v) is 4.21. The van der Waals surface area contributed by atoms with Gasteiger partial charge in [0.2, 0.25) is 5.82 Å². The van der Waals surface area contributed by atoms with E-state index in [0.29, 0.717) is 48.3 Å². The number of aromatic amines is 2. The Kier molecular flexibility index (Phi) is 4.17. The third kappa shape index (κ3) is 3.06. The summed E-state index contributed by atoms with van der Waals surface area (Å²) >= 11 is 0. The molecule has 1 atom stereocenters. The van der Waals surface area contributed by atoms with Gasteiger partial charge in [-0.1, -0.05) is 5.21 Å². The van der Waals surface area contributed by atoms with Gasteiger partial charge < -0.3 is 14.6 Å². The molecule has 1 unspecified atom stereocenters. The van der Waals surface area contributed by atoms with Crippen molar-refractivity contribution in [3.8, 4) is 11.4 Å². The second kappa shape index (κ2) is 6.64. The van der Waals surface area contributed by atoms with Crippen molar-refractivity contribution in [3.63, 3.8) is 0 Å². The summed E-state index contributed by atoms with van der Waals surface area (Å²) in [6.07, 6.45) is -0.428. The monoisotopic (exact) mass is 357 g/mol. The summed E-state index contributed by atoms with van der Waals surface area (Å²) in [6.45, 7) is 2.92. The molecule has 1 fully saturated rings. The lowest BCUT2D eigenvalue weighted by molar-refractivity contribution is -0.0269. The Morgan fingerprint density at radius 1 is 1.35 bits per heavy atom. The van der Waals surface area contributed by atoms with Gasteiger partial charge in [-0.2, -0.15) is 5.21 Å². The van der Waals surface area contributed by atoms with E-state index in [2.05, 4.69) is 30.6 Å². The molecule has 10 heteroatoms. The number of benzene rings is 1. The van der Waals surface area contributed by atoms with E-state index in [1.807, 2.05) is 0 Å². The normalized spacial score (nSPS) is 17.5. The molecule has 3 aromatic rings. The number of aromatic nitrogens is 6.